The maximum Gasteiger partial charge on any atom is 0.268 e. The van der Waals surface area contributed by atoms with Crippen molar-refractivity contribution in [3.05, 3.63) is 23.3 Å². The van der Waals surface area contributed by atoms with Crippen LogP contribution in [0.5, 0.6) is 0 Å². The van der Waals surface area contributed by atoms with Crippen LogP contribution in [0, 0.1) is 0 Å². The third-order valence-electron chi connectivity index (χ3n) is 2.76. The van der Waals surface area contributed by atoms with Gasteiger partial charge >= 0.3 is 0 Å². The smallest absolute Gasteiger partial charge is 0.268 e. The molecule has 1 N–H and O–H groups in total. The van der Waals surface area contributed by atoms with Crippen molar-refractivity contribution in [2.75, 3.05) is 23.0 Å². The Labute approximate surface area is 124 Å². The third-order valence-corrected chi connectivity index (χ3v) is 6.14. The first-order chi connectivity index (χ1) is 9.42. The highest BCUT2D eigenvalue weighted by Crippen LogP contribution is 2.22. The normalized spacial score (nSPS) is 17.5. The molecule has 0 bridgehead atoms. The maximum absolute atomic E-state index is 5.27. The highest BCUT2D eigenvalue weighted by molar-refractivity contribution is 8.03. The standard InChI is InChI=1S/C12H15N3OS3/c1-2-10(19-3-1)12-14-11(15-16-12)6-13-9-7-17-4-5-18-8-9/h1-3,9,13H,4-8H2. The molecule has 0 unspecified atom stereocenters. The van der Waals surface area contributed by atoms with Gasteiger partial charge < -0.3 is 9.84 Å². The summed E-state index contributed by atoms with van der Waals surface area (Å²) in [7, 11) is 0. The van der Waals surface area contributed by atoms with E-state index in [9.17, 15) is 0 Å². The van der Waals surface area contributed by atoms with Crippen LogP contribution >= 0.6 is 34.9 Å². The van der Waals surface area contributed by atoms with Crippen molar-refractivity contribution in [2.24, 2.45) is 0 Å². The summed E-state index contributed by atoms with van der Waals surface area (Å²) >= 11 is 5.65. The van der Waals surface area contributed by atoms with Crippen LogP contribution in [0.2, 0.25) is 0 Å². The summed E-state index contributed by atoms with van der Waals surface area (Å²) in [6.45, 7) is 0.681. The van der Waals surface area contributed by atoms with E-state index in [1.54, 1.807) is 11.3 Å². The molecule has 0 atom stereocenters. The van der Waals surface area contributed by atoms with Gasteiger partial charge in [0.25, 0.3) is 5.89 Å². The predicted octanol–water partition coefficient (Wildman–Crippen LogP) is 2.74. The lowest BCUT2D eigenvalue weighted by Gasteiger charge is -2.13. The molecule has 7 heteroatoms. The van der Waals surface area contributed by atoms with E-state index in [2.05, 4.69) is 15.5 Å². The zero-order chi connectivity index (χ0) is 12.9. The first-order valence-electron chi connectivity index (χ1n) is 6.17. The van der Waals surface area contributed by atoms with Gasteiger partial charge in [-0.05, 0) is 11.4 Å². The van der Waals surface area contributed by atoms with E-state index in [0.29, 0.717) is 18.5 Å². The van der Waals surface area contributed by atoms with Gasteiger partial charge in [0.15, 0.2) is 5.82 Å². The van der Waals surface area contributed by atoms with Gasteiger partial charge in [-0.1, -0.05) is 11.2 Å². The Morgan fingerprint density at radius 2 is 2.16 bits per heavy atom. The van der Waals surface area contributed by atoms with Gasteiger partial charge in [-0.2, -0.15) is 28.5 Å². The number of nitrogens with zero attached hydrogens (tertiary/aromatic N) is 2. The second-order valence-corrected chi connectivity index (χ2v) is 7.47. The minimum atomic E-state index is 0.543. The number of aromatic nitrogens is 2. The number of hydrogen-bond donors (Lipinski definition) is 1. The van der Waals surface area contributed by atoms with Crippen molar-refractivity contribution in [3.63, 3.8) is 0 Å². The molecular formula is C12H15N3OS3. The maximum atomic E-state index is 5.27. The quantitative estimate of drug-likeness (QED) is 0.936. The second kappa shape index (κ2) is 6.78. The largest absolute Gasteiger partial charge is 0.333 e. The van der Waals surface area contributed by atoms with Crippen LogP contribution in [0.4, 0.5) is 0 Å². The number of nitrogens with one attached hydrogen (secondary N) is 1. The lowest BCUT2D eigenvalue weighted by atomic mass is 10.4. The molecule has 102 valence electrons. The van der Waals surface area contributed by atoms with E-state index in [-0.39, 0.29) is 0 Å². The fraction of sp³-hybridized carbons (Fsp3) is 0.500. The second-order valence-electron chi connectivity index (χ2n) is 4.22. The van der Waals surface area contributed by atoms with Crippen LogP contribution in [0.3, 0.4) is 0 Å². The van der Waals surface area contributed by atoms with E-state index in [0.717, 1.165) is 10.7 Å². The number of hydrogen-bond acceptors (Lipinski definition) is 7. The van der Waals surface area contributed by atoms with Gasteiger partial charge in [-0.15, -0.1) is 11.3 Å². The number of rotatable bonds is 4. The summed E-state index contributed by atoms with van der Waals surface area (Å²) in [5, 5.41) is 9.55. The van der Waals surface area contributed by atoms with Crippen LogP contribution in [0.15, 0.2) is 22.0 Å². The molecule has 19 heavy (non-hydrogen) atoms. The highest BCUT2D eigenvalue weighted by atomic mass is 32.2. The van der Waals surface area contributed by atoms with Crippen LogP contribution in [0.1, 0.15) is 5.82 Å². The fourth-order valence-corrected chi connectivity index (χ4v) is 4.91. The van der Waals surface area contributed by atoms with Gasteiger partial charge in [0.05, 0.1) is 11.4 Å². The minimum absolute atomic E-state index is 0.543. The van der Waals surface area contributed by atoms with Crippen molar-refractivity contribution >= 4 is 34.9 Å². The zero-order valence-electron chi connectivity index (χ0n) is 10.4. The molecule has 0 saturated carbocycles. The molecule has 0 amide bonds. The van der Waals surface area contributed by atoms with Crippen molar-refractivity contribution in [1.82, 2.24) is 15.5 Å². The molecule has 2 aromatic heterocycles. The van der Waals surface area contributed by atoms with Gasteiger partial charge in [-0.25, -0.2) is 0 Å². The van der Waals surface area contributed by atoms with Gasteiger partial charge in [0.1, 0.15) is 0 Å². The van der Waals surface area contributed by atoms with E-state index >= 15 is 0 Å². The molecule has 0 spiro atoms. The molecule has 4 nitrogen and oxygen atoms in total. The first kappa shape index (κ1) is 13.5. The number of thiophene rings is 1. The van der Waals surface area contributed by atoms with Crippen molar-refractivity contribution in [1.29, 1.82) is 0 Å². The third kappa shape index (κ3) is 3.75. The molecule has 1 fully saturated rings. The Balaban J connectivity index is 1.55. The number of thioether (sulfide) groups is 2. The van der Waals surface area contributed by atoms with E-state index in [4.69, 9.17) is 4.52 Å². The lowest BCUT2D eigenvalue weighted by molar-refractivity contribution is 0.418. The minimum Gasteiger partial charge on any atom is -0.333 e. The summed E-state index contributed by atoms with van der Waals surface area (Å²) in [4.78, 5) is 5.44. The molecule has 0 aliphatic carbocycles. The Morgan fingerprint density at radius 1 is 1.32 bits per heavy atom. The highest BCUT2D eigenvalue weighted by Gasteiger charge is 2.14. The average molecular weight is 313 g/mol. The summed E-state index contributed by atoms with van der Waals surface area (Å²) in [5.74, 6) is 6.21. The summed E-state index contributed by atoms with van der Waals surface area (Å²) in [6, 6.07) is 4.52. The molecule has 1 aliphatic rings. The first-order valence-corrected chi connectivity index (χ1v) is 9.36. The molecule has 3 rings (SSSR count). The van der Waals surface area contributed by atoms with Crippen molar-refractivity contribution < 1.29 is 4.52 Å². The molecular weight excluding hydrogens is 298 g/mol. The molecule has 0 radical (unpaired) electrons. The van der Waals surface area contributed by atoms with Gasteiger partial charge in [-0.3, -0.25) is 0 Å². The average Bonchev–Trinajstić information content (AvgIpc) is 3.04. The topological polar surface area (TPSA) is 51.0 Å². The van der Waals surface area contributed by atoms with Crippen LogP contribution in [0.25, 0.3) is 10.8 Å². The summed E-state index contributed by atoms with van der Waals surface area (Å²) < 4.78 is 5.27. The summed E-state index contributed by atoms with van der Waals surface area (Å²) in [6.07, 6.45) is 0. The molecule has 2 aromatic rings. The molecule has 0 aromatic carbocycles. The molecule has 1 saturated heterocycles. The van der Waals surface area contributed by atoms with Crippen LogP contribution < -0.4 is 5.32 Å². The van der Waals surface area contributed by atoms with Crippen molar-refractivity contribution in [3.8, 4) is 10.8 Å². The van der Waals surface area contributed by atoms with E-state index in [1.807, 2.05) is 41.0 Å². The molecule has 3 heterocycles. The van der Waals surface area contributed by atoms with E-state index < -0.39 is 0 Å². The van der Waals surface area contributed by atoms with Crippen LogP contribution in [-0.4, -0.2) is 39.2 Å². The summed E-state index contributed by atoms with van der Waals surface area (Å²) in [5.41, 5.74) is 0. The monoisotopic (exact) mass is 313 g/mol. The Hall–Kier alpha value is -0.500. The fourth-order valence-electron chi connectivity index (χ4n) is 1.80. The van der Waals surface area contributed by atoms with Gasteiger partial charge in [0, 0.05) is 29.1 Å². The Kier molecular flexibility index (Phi) is 4.81. The van der Waals surface area contributed by atoms with Crippen molar-refractivity contribution in [2.45, 2.75) is 12.6 Å². The Morgan fingerprint density at radius 3 is 2.89 bits per heavy atom. The Bertz CT molecular complexity index is 492. The predicted molar refractivity (Wildman–Crippen MR) is 82.9 cm³/mol. The zero-order valence-corrected chi connectivity index (χ0v) is 12.8. The SMILES string of the molecule is c1csc(-c2nc(CNC3CSCCSC3)no2)c1. The van der Waals surface area contributed by atoms with E-state index in [1.165, 1.54) is 23.0 Å². The molecule has 1 aliphatic heterocycles. The van der Waals surface area contributed by atoms with Crippen LogP contribution in [-0.2, 0) is 6.54 Å². The lowest BCUT2D eigenvalue weighted by Crippen LogP contribution is -2.32. The van der Waals surface area contributed by atoms with Gasteiger partial charge in [0.2, 0.25) is 0 Å².